The monoisotopic (exact) mass is 316 g/mol. The van der Waals surface area contributed by atoms with Gasteiger partial charge in [-0.15, -0.1) is 0 Å². The predicted octanol–water partition coefficient (Wildman–Crippen LogP) is 5.39. The molecular formula is C17H14F2N2S. The van der Waals surface area contributed by atoms with Crippen LogP contribution in [0.25, 0.3) is 11.3 Å². The third-order valence-corrected chi connectivity index (χ3v) is 4.02. The summed E-state index contributed by atoms with van der Waals surface area (Å²) in [6.07, 6.45) is 1.76. The molecule has 0 unspecified atom stereocenters. The molecule has 0 saturated carbocycles. The fourth-order valence-corrected chi connectivity index (χ4v) is 2.77. The number of H-pyrrole nitrogens is 1. The van der Waals surface area contributed by atoms with Crippen molar-refractivity contribution in [2.45, 2.75) is 11.8 Å². The number of aromatic nitrogens is 1. The summed E-state index contributed by atoms with van der Waals surface area (Å²) >= 11 is 1.27. The lowest BCUT2D eigenvalue weighted by Crippen LogP contribution is -1.90. The molecule has 3 rings (SSSR count). The van der Waals surface area contributed by atoms with Crippen LogP contribution in [0.4, 0.5) is 14.5 Å². The fraction of sp³-hybridized carbons (Fsp3) is 0.0588. The molecule has 0 saturated heterocycles. The smallest absolute Gasteiger partial charge is 0.147 e. The molecule has 0 aliphatic heterocycles. The minimum Gasteiger partial charge on any atom is -0.360 e. The van der Waals surface area contributed by atoms with Crippen molar-refractivity contribution in [3.05, 3.63) is 71.9 Å². The van der Waals surface area contributed by atoms with Gasteiger partial charge in [-0.2, -0.15) is 0 Å². The van der Waals surface area contributed by atoms with Gasteiger partial charge in [0, 0.05) is 22.3 Å². The van der Waals surface area contributed by atoms with Crippen LogP contribution in [0.1, 0.15) is 5.56 Å². The van der Waals surface area contributed by atoms with E-state index in [-0.39, 0.29) is 11.6 Å². The highest BCUT2D eigenvalue weighted by atomic mass is 32.2. The molecule has 2 aromatic carbocycles. The van der Waals surface area contributed by atoms with E-state index in [0.717, 1.165) is 10.5 Å². The lowest BCUT2D eigenvalue weighted by Gasteiger charge is -2.05. The van der Waals surface area contributed by atoms with Gasteiger partial charge in [0.15, 0.2) is 0 Å². The Labute approximate surface area is 131 Å². The van der Waals surface area contributed by atoms with Crippen molar-refractivity contribution in [2.24, 2.45) is 0 Å². The zero-order valence-electron chi connectivity index (χ0n) is 11.9. The van der Waals surface area contributed by atoms with Gasteiger partial charge < -0.3 is 9.71 Å². The van der Waals surface area contributed by atoms with Gasteiger partial charge in [-0.1, -0.05) is 18.2 Å². The second kappa shape index (κ2) is 6.23. The number of benzene rings is 2. The van der Waals surface area contributed by atoms with Crippen molar-refractivity contribution in [1.29, 1.82) is 0 Å². The maximum absolute atomic E-state index is 13.7. The first-order valence-corrected chi connectivity index (χ1v) is 7.57. The number of anilines is 1. The van der Waals surface area contributed by atoms with Gasteiger partial charge in [0.05, 0.1) is 5.69 Å². The van der Waals surface area contributed by atoms with Gasteiger partial charge in [-0.3, -0.25) is 0 Å². The summed E-state index contributed by atoms with van der Waals surface area (Å²) in [5, 5.41) is 0. The number of rotatable bonds is 4. The number of aromatic amines is 1. The Hall–Kier alpha value is -2.27. The molecule has 0 fully saturated rings. The maximum atomic E-state index is 13.7. The van der Waals surface area contributed by atoms with Crippen molar-refractivity contribution in [1.82, 2.24) is 4.98 Å². The van der Waals surface area contributed by atoms with E-state index in [2.05, 4.69) is 9.71 Å². The molecule has 0 amide bonds. The highest BCUT2D eigenvalue weighted by Gasteiger charge is 2.08. The maximum Gasteiger partial charge on any atom is 0.147 e. The van der Waals surface area contributed by atoms with E-state index in [1.165, 1.54) is 24.1 Å². The summed E-state index contributed by atoms with van der Waals surface area (Å²) in [7, 11) is 0. The standard InChI is InChI=1S/C17H14F2N2S/c1-11-6-7-16(15(19)8-11)21-22-12-9-17(20-10-12)13-4-2-3-5-14(13)18/h2-10,20-21H,1H3. The first-order valence-electron chi connectivity index (χ1n) is 6.76. The van der Waals surface area contributed by atoms with E-state index in [1.807, 2.05) is 19.1 Å². The van der Waals surface area contributed by atoms with Crippen LogP contribution >= 0.6 is 11.9 Å². The minimum atomic E-state index is -0.294. The number of hydrogen-bond acceptors (Lipinski definition) is 2. The predicted molar refractivity (Wildman–Crippen MR) is 86.8 cm³/mol. The molecule has 3 aromatic rings. The lowest BCUT2D eigenvalue weighted by molar-refractivity contribution is 0.630. The molecule has 0 aliphatic rings. The quantitative estimate of drug-likeness (QED) is 0.632. The summed E-state index contributed by atoms with van der Waals surface area (Å²) in [5.74, 6) is -0.573. The van der Waals surface area contributed by atoms with Crippen LogP contribution in [0.15, 0.2) is 59.6 Å². The van der Waals surface area contributed by atoms with E-state index < -0.39 is 0 Å². The summed E-state index contributed by atoms with van der Waals surface area (Å²) in [6.45, 7) is 1.84. The van der Waals surface area contributed by atoms with Crippen LogP contribution < -0.4 is 4.72 Å². The Kier molecular flexibility index (Phi) is 4.15. The number of hydrogen-bond donors (Lipinski definition) is 2. The molecule has 112 valence electrons. The van der Waals surface area contributed by atoms with Gasteiger partial charge in [-0.25, -0.2) is 8.78 Å². The molecule has 0 bridgehead atoms. The molecule has 22 heavy (non-hydrogen) atoms. The Balaban J connectivity index is 1.74. The molecule has 1 aromatic heterocycles. The molecule has 0 radical (unpaired) electrons. The molecule has 0 spiro atoms. The summed E-state index contributed by atoms with van der Waals surface area (Å²) in [5.41, 5.74) is 2.49. The zero-order valence-corrected chi connectivity index (χ0v) is 12.7. The summed E-state index contributed by atoms with van der Waals surface area (Å²) in [4.78, 5) is 3.87. The third kappa shape index (κ3) is 3.14. The van der Waals surface area contributed by atoms with Crippen LogP contribution in [0, 0.1) is 18.6 Å². The third-order valence-electron chi connectivity index (χ3n) is 3.22. The Morgan fingerprint density at radius 2 is 1.82 bits per heavy atom. The van der Waals surface area contributed by atoms with Crippen LogP contribution in [-0.2, 0) is 0 Å². The lowest BCUT2D eigenvalue weighted by atomic mass is 10.1. The Morgan fingerprint density at radius 1 is 1.00 bits per heavy atom. The molecule has 0 atom stereocenters. The van der Waals surface area contributed by atoms with Crippen molar-refractivity contribution in [3.63, 3.8) is 0 Å². The minimum absolute atomic E-state index is 0.279. The van der Waals surface area contributed by atoms with Crippen LogP contribution in [-0.4, -0.2) is 4.98 Å². The van der Waals surface area contributed by atoms with Crippen LogP contribution in [0.3, 0.4) is 0 Å². The highest BCUT2D eigenvalue weighted by molar-refractivity contribution is 8.00. The number of aryl methyl sites for hydroxylation is 1. The van der Waals surface area contributed by atoms with Crippen molar-refractivity contribution < 1.29 is 8.78 Å². The summed E-state index contributed by atoms with van der Waals surface area (Å²) in [6, 6.07) is 13.4. The van der Waals surface area contributed by atoms with Crippen LogP contribution in [0.5, 0.6) is 0 Å². The zero-order chi connectivity index (χ0) is 15.5. The molecule has 5 heteroatoms. The van der Waals surface area contributed by atoms with Gasteiger partial charge in [0.25, 0.3) is 0 Å². The second-order valence-electron chi connectivity index (χ2n) is 4.92. The van der Waals surface area contributed by atoms with E-state index in [9.17, 15) is 8.78 Å². The molecule has 2 nitrogen and oxygen atoms in total. The number of nitrogens with one attached hydrogen (secondary N) is 2. The highest BCUT2D eigenvalue weighted by Crippen LogP contribution is 2.28. The molecule has 1 heterocycles. The molecular weight excluding hydrogens is 302 g/mol. The van der Waals surface area contributed by atoms with Crippen molar-refractivity contribution in [3.8, 4) is 11.3 Å². The normalized spacial score (nSPS) is 10.7. The van der Waals surface area contributed by atoms with Gasteiger partial charge >= 0.3 is 0 Å². The van der Waals surface area contributed by atoms with Gasteiger partial charge in [0.1, 0.15) is 11.6 Å². The Morgan fingerprint density at radius 3 is 2.59 bits per heavy atom. The molecule has 0 aliphatic carbocycles. The van der Waals surface area contributed by atoms with Gasteiger partial charge in [0.2, 0.25) is 0 Å². The fourth-order valence-electron chi connectivity index (χ4n) is 2.09. The molecule has 2 N–H and O–H groups in total. The SMILES string of the molecule is Cc1ccc(NSc2c[nH]c(-c3ccccc3F)c2)c(F)c1. The largest absolute Gasteiger partial charge is 0.360 e. The van der Waals surface area contributed by atoms with Crippen molar-refractivity contribution >= 4 is 17.6 Å². The van der Waals surface area contributed by atoms with E-state index >= 15 is 0 Å². The average Bonchev–Trinajstić information content (AvgIpc) is 2.95. The second-order valence-corrected chi connectivity index (χ2v) is 5.80. The van der Waals surface area contributed by atoms with E-state index in [1.54, 1.807) is 30.5 Å². The van der Waals surface area contributed by atoms with Gasteiger partial charge in [-0.05, 0) is 54.8 Å². The average molecular weight is 316 g/mol. The topological polar surface area (TPSA) is 27.8 Å². The van der Waals surface area contributed by atoms with Crippen molar-refractivity contribution in [2.75, 3.05) is 4.72 Å². The first-order chi connectivity index (χ1) is 10.6. The van der Waals surface area contributed by atoms with Crippen LogP contribution in [0.2, 0.25) is 0 Å². The summed E-state index contributed by atoms with van der Waals surface area (Å²) < 4.78 is 30.4. The first kappa shape index (κ1) is 14.7. The van der Waals surface area contributed by atoms with E-state index in [0.29, 0.717) is 16.9 Å². The Bertz CT molecular complexity index is 799. The number of halogens is 2. The van der Waals surface area contributed by atoms with E-state index in [4.69, 9.17) is 0 Å².